The Hall–Kier alpha value is -1.26. The largest absolute Gasteiger partial charge is 0.481 e. The van der Waals surface area contributed by atoms with Gasteiger partial charge in [0, 0.05) is 19.1 Å². The molecule has 0 saturated heterocycles. The second kappa shape index (κ2) is 6.95. The van der Waals surface area contributed by atoms with E-state index in [9.17, 15) is 14.7 Å². The summed E-state index contributed by atoms with van der Waals surface area (Å²) in [4.78, 5) is 25.4. The van der Waals surface area contributed by atoms with Gasteiger partial charge in [-0.15, -0.1) is 0 Å². The van der Waals surface area contributed by atoms with Crippen LogP contribution in [0.4, 0.5) is 4.79 Å². The first-order valence-corrected chi connectivity index (χ1v) is 7.90. The van der Waals surface area contributed by atoms with Gasteiger partial charge in [-0.25, -0.2) is 4.79 Å². The maximum absolute atomic E-state index is 12.2. The van der Waals surface area contributed by atoms with Crippen LogP contribution in [0.15, 0.2) is 0 Å². The number of carbonyl (C=O) groups excluding carboxylic acids is 1. The number of hydrogen-bond donors (Lipinski definition) is 2. The van der Waals surface area contributed by atoms with Crippen LogP contribution in [0, 0.1) is 11.8 Å². The molecule has 0 aromatic rings. The predicted octanol–water partition coefficient (Wildman–Crippen LogP) is 2.46. The van der Waals surface area contributed by atoms with E-state index >= 15 is 0 Å². The summed E-state index contributed by atoms with van der Waals surface area (Å²) in [6.45, 7) is 3.37. The topological polar surface area (TPSA) is 69.6 Å². The zero-order chi connectivity index (χ0) is 14.5. The first-order valence-electron chi connectivity index (χ1n) is 7.90. The lowest BCUT2D eigenvalue weighted by Gasteiger charge is -2.30. The van der Waals surface area contributed by atoms with Crippen molar-refractivity contribution in [2.24, 2.45) is 11.8 Å². The molecule has 5 nitrogen and oxygen atoms in total. The molecule has 20 heavy (non-hydrogen) atoms. The molecule has 2 aliphatic rings. The lowest BCUT2D eigenvalue weighted by Crippen LogP contribution is -2.45. The van der Waals surface area contributed by atoms with Crippen molar-refractivity contribution in [3.63, 3.8) is 0 Å². The third-order valence-electron chi connectivity index (χ3n) is 4.45. The molecular weight excluding hydrogens is 256 g/mol. The Balaban J connectivity index is 1.83. The molecule has 0 heterocycles. The van der Waals surface area contributed by atoms with Crippen LogP contribution in [-0.2, 0) is 4.79 Å². The van der Waals surface area contributed by atoms with Crippen molar-refractivity contribution in [2.75, 3.05) is 13.1 Å². The average Bonchev–Trinajstić information content (AvgIpc) is 3.26. The van der Waals surface area contributed by atoms with Crippen LogP contribution in [-0.4, -0.2) is 41.1 Å². The van der Waals surface area contributed by atoms with E-state index < -0.39 is 5.97 Å². The van der Waals surface area contributed by atoms with Crippen LogP contribution >= 0.6 is 0 Å². The van der Waals surface area contributed by atoms with Gasteiger partial charge in [0.15, 0.2) is 0 Å². The van der Waals surface area contributed by atoms with E-state index in [0.29, 0.717) is 12.6 Å². The predicted molar refractivity (Wildman–Crippen MR) is 76.5 cm³/mol. The summed E-state index contributed by atoms with van der Waals surface area (Å²) in [6.07, 6.45) is 6.90. The molecule has 0 aromatic carbocycles. The standard InChI is InChI=1S/C15H26N2O3/c1-2-9-17(12-7-8-12)15(20)16-10-11-5-3-4-6-13(11)14(18)19/h11-13H,2-10H2,1H3,(H,16,20)(H,18,19). The third kappa shape index (κ3) is 3.87. The van der Waals surface area contributed by atoms with Crippen LogP contribution in [0.1, 0.15) is 51.9 Å². The summed E-state index contributed by atoms with van der Waals surface area (Å²) in [5.74, 6) is -0.908. The maximum Gasteiger partial charge on any atom is 0.317 e. The molecule has 2 saturated carbocycles. The van der Waals surface area contributed by atoms with Gasteiger partial charge in [0.05, 0.1) is 5.92 Å². The fourth-order valence-corrected chi connectivity index (χ4v) is 3.17. The number of nitrogens with one attached hydrogen (secondary N) is 1. The summed E-state index contributed by atoms with van der Waals surface area (Å²) in [5.41, 5.74) is 0. The second-order valence-corrected chi connectivity index (χ2v) is 6.10. The molecule has 0 aromatic heterocycles. The van der Waals surface area contributed by atoms with Gasteiger partial charge in [0.1, 0.15) is 0 Å². The monoisotopic (exact) mass is 282 g/mol. The van der Waals surface area contributed by atoms with Crippen molar-refractivity contribution in [1.82, 2.24) is 10.2 Å². The number of amides is 2. The molecule has 2 amide bonds. The highest BCUT2D eigenvalue weighted by Crippen LogP contribution is 2.30. The van der Waals surface area contributed by atoms with Gasteiger partial charge in [-0.05, 0) is 38.0 Å². The molecule has 2 unspecified atom stereocenters. The molecule has 0 spiro atoms. The Morgan fingerprint density at radius 2 is 1.90 bits per heavy atom. The van der Waals surface area contributed by atoms with Crippen molar-refractivity contribution in [3.05, 3.63) is 0 Å². The first-order chi connectivity index (χ1) is 9.63. The van der Waals surface area contributed by atoms with Crippen molar-refractivity contribution in [2.45, 2.75) is 57.9 Å². The van der Waals surface area contributed by atoms with Gasteiger partial charge in [-0.1, -0.05) is 19.8 Å². The van der Waals surface area contributed by atoms with Crippen LogP contribution < -0.4 is 5.32 Å². The van der Waals surface area contributed by atoms with Gasteiger partial charge in [-0.2, -0.15) is 0 Å². The number of nitrogens with zero attached hydrogens (tertiary/aromatic N) is 1. The van der Waals surface area contributed by atoms with E-state index in [1.165, 1.54) is 0 Å². The SMILES string of the molecule is CCCN(C(=O)NCC1CCCCC1C(=O)O)C1CC1. The highest BCUT2D eigenvalue weighted by Gasteiger charge is 2.34. The Morgan fingerprint density at radius 3 is 2.50 bits per heavy atom. The lowest BCUT2D eigenvalue weighted by molar-refractivity contribution is -0.144. The fourth-order valence-electron chi connectivity index (χ4n) is 3.17. The summed E-state index contributed by atoms with van der Waals surface area (Å²) in [6, 6.07) is 0.403. The third-order valence-corrected chi connectivity index (χ3v) is 4.45. The number of carboxylic acids is 1. The Labute approximate surface area is 120 Å². The summed E-state index contributed by atoms with van der Waals surface area (Å²) in [5, 5.41) is 12.2. The van der Waals surface area contributed by atoms with Crippen LogP contribution in [0.3, 0.4) is 0 Å². The average molecular weight is 282 g/mol. The highest BCUT2D eigenvalue weighted by molar-refractivity contribution is 5.75. The number of carboxylic acid groups (broad SMARTS) is 1. The smallest absolute Gasteiger partial charge is 0.317 e. The quantitative estimate of drug-likeness (QED) is 0.786. The van der Waals surface area contributed by atoms with Crippen molar-refractivity contribution in [1.29, 1.82) is 0 Å². The van der Waals surface area contributed by atoms with Gasteiger partial charge < -0.3 is 15.3 Å². The van der Waals surface area contributed by atoms with E-state index in [2.05, 4.69) is 12.2 Å². The lowest BCUT2D eigenvalue weighted by atomic mass is 9.79. The van der Waals surface area contributed by atoms with Gasteiger partial charge in [-0.3, -0.25) is 4.79 Å². The van der Waals surface area contributed by atoms with Crippen LogP contribution in [0.2, 0.25) is 0 Å². The summed E-state index contributed by atoms with van der Waals surface area (Å²) >= 11 is 0. The van der Waals surface area contributed by atoms with E-state index in [1.807, 2.05) is 4.90 Å². The number of rotatable bonds is 6. The van der Waals surface area contributed by atoms with Gasteiger partial charge in [0.25, 0.3) is 0 Å². The number of urea groups is 1. The molecule has 2 rings (SSSR count). The van der Waals surface area contributed by atoms with E-state index in [1.54, 1.807) is 0 Å². The minimum absolute atomic E-state index is 0.0101. The molecule has 0 radical (unpaired) electrons. The van der Waals surface area contributed by atoms with Crippen LogP contribution in [0.5, 0.6) is 0 Å². The summed E-state index contributed by atoms with van der Waals surface area (Å²) < 4.78 is 0. The molecule has 2 atom stereocenters. The van der Waals surface area contributed by atoms with Crippen molar-refractivity contribution in [3.8, 4) is 0 Å². The number of aliphatic carboxylic acids is 1. The Kier molecular flexibility index (Phi) is 5.26. The molecular formula is C15H26N2O3. The van der Waals surface area contributed by atoms with E-state index in [-0.39, 0.29) is 17.9 Å². The van der Waals surface area contributed by atoms with E-state index in [4.69, 9.17) is 0 Å². The first kappa shape index (κ1) is 15.1. The molecule has 0 aliphatic heterocycles. The summed E-state index contributed by atoms with van der Waals surface area (Å²) in [7, 11) is 0. The van der Waals surface area contributed by atoms with Crippen LogP contribution in [0.25, 0.3) is 0 Å². The Morgan fingerprint density at radius 1 is 1.20 bits per heavy atom. The second-order valence-electron chi connectivity index (χ2n) is 6.10. The van der Waals surface area contributed by atoms with Crippen molar-refractivity contribution >= 4 is 12.0 Å². The molecule has 2 N–H and O–H groups in total. The number of hydrogen-bond acceptors (Lipinski definition) is 2. The van der Waals surface area contributed by atoms with E-state index in [0.717, 1.165) is 51.5 Å². The molecule has 2 aliphatic carbocycles. The zero-order valence-corrected chi connectivity index (χ0v) is 12.3. The molecule has 2 fully saturated rings. The van der Waals surface area contributed by atoms with Gasteiger partial charge in [0.2, 0.25) is 0 Å². The Bertz CT molecular complexity index is 355. The maximum atomic E-state index is 12.2. The minimum atomic E-state index is -0.712. The zero-order valence-electron chi connectivity index (χ0n) is 12.3. The minimum Gasteiger partial charge on any atom is -0.481 e. The normalized spacial score (nSPS) is 26.1. The number of carbonyl (C=O) groups is 2. The molecule has 114 valence electrons. The molecule has 0 bridgehead atoms. The van der Waals surface area contributed by atoms with Crippen molar-refractivity contribution < 1.29 is 14.7 Å². The fraction of sp³-hybridized carbons (Fsp3) is 0.867. The highest BCUT2D eigenvalue weighted by atomic mass is 16.4. The van der Waals surface area contributed by atoms with Gasteiger partial charge >= 0.3 is 12.0 Å². The molecule has 5 heteroatoms.